The van der Waals surface area contributed by atoms with Crippen molar-refractivity contribution in [2.24, 2.45) is 0 Å². The average molecular weight is 517 g/mol. The third-order valence-electron chi connectivity index (χ3n) is 6.33. The molecule has 194 valence electrons. The highest BCUT2D eigenvalue weighted by Crippen LogP contribution is 2.39. The summed E-state index contributed by atoms with van der Waals surface area (Å²) in [7, 11) is -0.761. The SMILES string of the molecule is CC(=O)N1c2ccc(-c3cccc(NS(=O)(=O)N(C)C)c3)cc2N(C(=O)OC2CCOCC2)C[C@@H]1C. The highest BCUT2D eigenvalue weighted by molar-refractivity contribution is 7.90. The van der Waals surface area contributed by atoms with Gasteiger partial charge in [-0.05, 0) is 42.3 Å². The minimum atomic E-state index is -3.66. The predicted octanol–water partition coefficient (Wildman–Crippen LogP) is 3.45. The molecular weight excluding hydrogens is 484 g/mol. The second-order valence-corrected chi connectivity index (χ2v) is 11.1. The fourth-order valence-electron chi connectivity index (χ4n) is 4.46. The van der Waals surface area contributed by atoms with Crippen LogP contribution in [0, 0.1) is 0 Å². The molecule has 2 aromatic carbocycles. The first kappa shape index (κ1) is 25.9. The quantitative estimate of drug-likeness (QED) is 0.652. The van der Waals surface area contributed by atoms with Gasteiger partial charge in [0.15, 0.2) is 0 Å². The van der Waals surface area contributed by atoms with Gasteiger partial charge in [0, 0.05) is 40.4 Å². The van der Waals surface area contributed by atoms with E-state index in [9.17, 15) is 18.0 Å². The highest BCUT2D eigenvalue weighted by Gasteiger charge is 2.35. The van der Waals surface area contributed by atoms with E-state index in [2.05, 4.69) is 4.72 Å². The molecule has 0 unspecified atom stereocenters. The first-order valence-corrected chi connectivity index (χ1v) is 13.3. The number of amides is 2. The molecule has 4 rings (SSSR count). The number of fused-ring (bicyclic) bond motifs is 1. The van der Waals surface area contributed by atoms with Crippen LogP contribution in [0.3, 0.4) is 0 Å². The largest absolute Gasteiger partial charge is 0.446 e. The monoisotopic (exact) mass is 516 g/mol. The Bertz CT molecular complexity index is 1240. The Balaban J connectivity index is 1.69. The molecule has 36 heavy (non-hydrogen) atoms. The molecule has 0 saturated carbocycles. The van der Waals surface area contributed by atoms with Gasteiger partial charge in [-0.1, -0.05) is 18.2 Å². The summed E-state index contributed by atoms with van der Waals surface area (Å²) < 4.78 is 39.3. The summed E-state index contributed by atoms with van der Waals surface area (Å²) in [6.07, 6.45) is 0.636. The fourth-order valence-corrected chi connectivity index (χ4v) is 5.07. The van der Waals surface area contributed by atoms with Gasteiger partial charge in [-0.2, -0.15) is 12.7 Å². The number of hydrogen-bond acceptors (Lipinski definition) is 6. The van der Waals surface area contributed by atoms with E-state index in [1.807, 2.05) is 31.2 Å². The van der Waals surface area contributed by atoms with E-state index in [1.54, 1.807) is 28.0 Å². The molecule has 0 spiro atoms. The van der Waals surface area contributed by atoms with Crippen LogP contribution in [0.2, 0.25) is 0 Å². The third-order valence-corrected chi connectivity index (χ3v) is 7.79. The van der Waals surface area contributed by atoms with Gasteiger partial charge in [0.25, 0.3) is 0 Å². The molecule has 10 nitrogen and oxygen atoms in total. The van der Waals surface area contributed by atoms with Crippen molar-refractivity contribution in [3.05, 3.63) is 42.5 Å². The molecule has 2 aromatic rings. The lowest BCUT2D eigenvalue weighted by Crippen LogP contribution is -2.52. The lowest BCUT2D eigenvalue weighted by molar-refractivity contribution is -0.117. The standard InChI is InChI=1S/C25H32N4O6S/c1-17-16-28(25(31)35-22-10-12-34-13-11-22)24-15-20(8-9-23(24)29(17)18(2)30)19-6-5-7-21(14-19)26-36(32,33)27(3)4/h5-9,14-15,17,22,26H,10-13,16H2,1-4H3/t17-/m0/s1. The van der Waals surface area contributed by atoms with Crippen molar-refractivity contribution in [1.82, 2.24) is 4.31 Å². The van der Waals surface area contributed by atoms with E-state index in [0.717, 1.165) is 15.4 Å². The molecule has 1 fully saturated rings. The van der Waals surface area contributed by atoms with Crippen LogP contribution in [-0.2, 0) is 24.5 Å². The Hall–Kier alpha value is -3.15. The third kappa shape index (κ3) is 5.48. The predicted molar refractivity (Wildman–Crippen MR) is 138 cm³/mol. The molecule has 0 radical (unpaired) electrons. The van der Waals surface area contributed by atoms with Gasteiger partial charge in [0.05, 0.1) is 36.3 Å². The molecular formula is C25H32N4O6S. The van der Waals surface area contributed by atoms with Crippen LogP contribution < -0.4 is 14.5 Å². The van der Waals surface area contributed by atoms with E-state index < -0.39 is 16.3 Å². The first-order chi connectivity index (χ1) is 17.1. The normalized spacial score (nSPS) is 18.6. The summed E-state index contributed by atoms with van der Waals surface area (Å²) in [6.45, 7) is 4.81. The van der Waals surface area contributed by atoms with Gasteiger partial charge in [0.2, 0.25) is 5.91 Å². The van der Waals surface area contributed by atoms with Crippen LogP contribution in [-0.4, -0.2) is 70.7 Å². The molecule has 0 aromatic heterocycles. The van der Waals surface area contributed by atoms with E-state index in [-0.39, 0.29) is 18.1 Å². The summed E-state index contributed by atoms with van der Waals surface area (Å²) in [5.41, 5.74) is 3.12. The molecule has 1 atom stereocenters. The molecule has 2 aliphatic heterocycles. The Morgan fingerprint density at radius 3 is 2.42 bits per heavy atom. The van der Waals surface area contributed by atoms with Crippen molar-refractivity contribution in [2.45, 2.75) is 38.8 Å². The van der Waals surface area contributed by atoms with Crippen molar-refractivity contribution in [1.29, 1.82) is 0 Å². The lowest BCUT2D eigenvalue weighted by atomic mass is 10.0. The minimum absolute atomic E-state index is 0.117. The van der Waals surface area contributed by atoms with E-state index in [1.165, 1.54) is 21.0 Å². The number of rotatable bonds is 5. The summed E-state index contributed by atoms with van der Waals surface area (Å²) in [5, 5.41) is 0. The first-order valence-electron chi connectivity index (χ1n) is 11.9. The van der Waals surface area contributed by atoms with Gasteiger partial charge in [-0.25, -0.2) is 4.79 Å². The number of hydrogen-bond donors (Lipinski definition) is 1. The maximum atomic E-state index is 13.3. The summed E-state index contributed by atoms with van der Waals surface area (Å²) in [6, 6.07) is 12.3. The van der Waals surface area contributed by atoms with Crippen molar-refractivity contribution < 1.29 is 27.5 Å². The zero-order valence-corrected chi connectivity index (χ0v) is 21.7. The zero-order chi connectivity index (χ0) is 26.0. The van der Waals surface area contributed by atoms with Crippen molar-refractivity contribution in [2.75, 3.05) is 48.4 Å². The molecule has 1 N–H and O–H groups in total. The number of nitrogens with one attached hydrogen (secondary N) is 1. The summed E-state index contributed by atoms with van der Waals surface area (Å²) in [5.74, 6) is -0.117. The number of benzene rings is 2. The molecule has 0 bridgehead atoms. The Labute approximate surface area is 211 Å². The second kappa shape index (κ2) is 10.5. The maximum Gasteiger partial charge on any atom is 0.414 e. The van der Waals surface area contributed by atoms with Crippen LogP contribution in [0.5, 0.6) is 0 Å². The molecule has 0 aliphatic carbocycles. The van der Waals surface area contributed by atoms with Gasteiger partial charge >= 0.3 is 16.3 Å². The van der Waals surface area contributed by atoms with Crippen molar-refractivity contribution in [3.63, 3.8) is 0 Å². The zero-order valence-electron chi connectivity index (χ0n) is 20.9. The molecule has 2 heterocycles. The van der Waals surface area contributed by atoms with Gasteiger partial charge < -0.3 is 14.4 Å². The van der Waals surface area contributed by atoms with Gasteiger partial charge in [0.1, 0.15) is 6.10 Å². The Kier molecular flexibility index (Phi) is 7.53. The number of ether oxygens (including phenoxy) is 2. The summed E-state index contributed by atoms with van der Waals surface area (Å²) >= 11 is 0. The fraction of sp³-hybridized carbons (Fsp3) is 0.440. The van der Waals surface area contributed by atoms with Crippen molar-refractivity contribution >= 4 is 39.3 Å². The van der Waals surface area contributed by atoms with Crippen LogP contribution in [0.4, 0.5) is 21.9 Å². The van der Waals surface area contributed by atoms with E-state index in [0.29, 0.717) is 49.7 Å². The van der Waals surface area contributed by atoms with Crippen LogP contribution in [0.25, 0.3) is 11.1 Å². The Morgan fingerprint density at radius 1 is 1.06 bits per heavy atom. The van der Waals surface area contributed by atoms with Crippen LogP contribution >= 0.6 is 0 Å². The van der Waals surface area contributed by atoms with Gasteiger partial charge in [-0.15, -0.1) is 0 Å². The number of anilines is 3. The number of carbonyl (C=O) groups is 2. The highest BCUT2D eigenvalue weighted by atomic mass is 32.2. The van der Waals surface area contributed by atoms with Crippen LogP contribution in [0.1, 0.15) is 26.7 Å². The molecule has 11 heteroatoms. The Morgan fingerprint density at radius 2 is 1.75 bits per heavy atom. The second-order valence-electron chi connectivity index (χ2n) is 9.22. The van der Waals surface area contributed by atoms with Crippen LogP contribution in [0.15, 0.2) is 42.5 Å². The number of nitrogens with zero attached hydrogens (tertiary/aromatic N) is 3. The topological polar surface area (TPSA) is 108 Å². The van der Waals surface area contributed by atoms with E-state index in [4.69, 9.17) is 9.47 Å². The lowest BCUT2D eigenvalue weighted by Gasteiger charge is -2.41. The molecule has 2 aliphatic rings. The van der Waals surface area contributed by atoms with Gasteiger partial charge in [-0.3, -0.25) is 14.4 Å². The average Bonchev–Trinajstić information content (AvgIpc) is 2.83. The molecule has 1 saturated heterocycles. The number of carbonyl (C=O) groups excluding carboxylic acids is 2. The summed E-state index contributed by atoms with van der Waals surface area (Å²) in [4.78, 5) is 29.0. The van der Waals surface area contributed by atoms with E-state index >= 15 is 0 Å². The van der Waals surface area contributed by atoms with Crippen molar-refractivity contribution in [3.8, 4) is 11.1 Å². The minimum Gasteiger partial charge on any atom is -0.446 e. The molecule has 2 amide bonds. The maximum absolute atomic E-state index is 13.3. The smallest absolute Gasteiger partial charge is 0.414 e.